The van der Waals surface area contributed by atoms with Crippen molar-refractivity contribution < 1.29 is 9.53 Å². The molecule has 0 bridgehead atoms. The van der Waals surface area contributed by atoms with Crippen LogP contribution in [0.15, 0.2) is 77.4 Å². The van der Waals surface area contributed by atoms with Crippen molar-refractivity contribution in [3.05, 3.63) is 78.1 Å². The molecule has 0 fully saturated rings. The van der Waals surface area contributed by atoms with Gasteiger partial charge in [0, 0.05) is 17.3 Å². The molecule has 0 spiro atoms. The van der Waals surface area contributed by atoms with E-state index >= 15 is 0 Å². The number of nitrogens with one attached hydrogen (secondary N) is 1. The van der Waals surface area contributed by atoms with Crippen LogP contribution in [0.1, 0.15) is 18.9 Å². The van der Waals surface area contributed by atoms with Crippen LogP contribution in [0.2, 0.25) is 0 Å². The van der Waals surface area contributed by atoms with Gasteiger partial charge in [0.1, 0.15) is 5.75 Å². The first kappa shape index (κ1) is 20.1. The number of amides is 1. The van der Waals surface area contributed by atoms with Crippen molar-refractivity contribution in [1.29, 1.82) is 0 Å². The smallest absolute Gasteiger partial charge is 0.236 e. The average Bonchev–Trinajstić information content (AvgIpc) is 3.43. The number of para-hydroxylation sites is 2. The van der Waals surface area contributed by atoms with Crippen molar-refractivity contribution in [3.63, 3.8) is 0 Å². The molecule has 1 N–H and O–H groups in total. The summed E-state index contributed by atoms with van der Waals surface area (Å²) in [6.45, 7) is 1.93. The Bertz CT molecular complexity index is 1090. The van der Waals surface area contributed by atoms with Crippen molar-refractivity contribution in [2.75, 3.05) is 11.1 Å². The molecule has 0 aliphatic carbocycles. The second kappa shape index (κ2) is 9.55. The summed E-state index contributed by atoms with van der Waals surface area (Å²) in [6.07, 6.45) is 1.32. The first-order chi connectivity index (χ1) is 14.7. The number of carbonyl (C=O) groups is 1. The quantitative estimate of drug-likeness (QED) is 0.406. The maximum absolute atomic E-state index is 12.3. The molecule has 0 saturated carbocycles. The lowest BCUT2D eigenvalue weighted by atomic mass is 10.3. The summed E-state index contributed by atoms with van der Waals surface area (Å²) >= 11 is 2.69. The van der Waals surface area contributed by atoms with E-state index in [1.54, 1.807) is 6.20 Å². The molecule has 7 nitrogen and oxygen atoms in total. The molecule has 9 heteroatoms. The fraction of sp³-hybridized carbons (Fsp3) is 0.143. The van der Waals surface area contributed by atoms with Crippen molar-refractivity contribution in [3.8, 4) is 11.4 Å². The third-order valence-corrected chi connectivity index (χ3v) is 5.72. The zero-order valence-electron chi connectivity index (χ0n) is 16.1. The minimum absolute atomic E-state index is 0.146. The van der Waals surface area contributed by atoms with Gasteiger partial charge in [-0.25, -0.2) is 4.98 Å². The van der Waals surface area contributed by atoms with Crippen LogP contribution in [0.4, 0.5) is 5.13 Å². The van der Waals surface area contributed by atoms with Gasteiger partial charge in [0.05, 0.1) is 5.75 Å². The predicted molar refractivity (Wildman–Crippen MR) is 118 cm³/mol. The van der Waals surface area contributed by atoms with Gasteiger partial charge >= 0.3 is 0 Å². The van der Waals surface area contributed by atoms with E-state index in [9.17, 15) is 4.79 Å². The second-order valence-corrected chi connectivity index (χ2v) is 8.10. The number of nitrogens with zero attached hydrogens (tertiary/aromatic N) is 4. The molecule has 2 heterocycles. The first-order valence-electron chi connectivity index (χ1n) is 9.25. The third kappa shape index (κ3) is 4.87. The Labute approximate surface area is 182 Å². The lowest BCUT2D eigenvalue weighted by Gasteiger charge is -2.16. The number of carbonyl (C=O) groups excluding carboxylic acids is 1. The maximum atomic E-state index is 12.3. The van der Waals surface area contributed by atoms with Gasteiger partial charge in [-0.3, -0.25) is 9.36 Å². The zero-order valence-corrected chi connectivity index (χ0v) is 17.8. The van der Waals surface area contributed by atoms with Gasteiger partial charge < -0.3 is 10.1 Å². The molecule has 2 aromatic heterocycles. The van der Waals surface area contributed by atoms with Crippen LogP contribution in [0.5, 0.6) is 5.75 Å². The van der Waals surface area contributed by atoms with Crippen molar-refractivity contribution >= 4 is 34.1 Å². The van der Waals surface area contributed by atoms with Crippen LogP contribution in [-0.4, -0.2) is 31.4 Å². The lowest BCUT2D eigenvalue weighted by Crippen LogP contribution is -2.15. The monoisotopic (exact) mass is 437 g/mol. The van der Waals surface area contributed by atoms with Gasteiger partial charge in [0.25, 0.3) is 0 Å². The Morgan fingerprint density at radius 2 is 1.87 bits per heavy atom. The van der Waals surface area contributed by atoms with Crippen LogP contribution >= 0.6 is 23.1 Å². The van der Waals surface area contributed by atoms with Gasteiger partial charge in [-0.2, -0.15) is 0 Å². The molecule has 4 rings (SSSR count). The Morgan fingerprint density at radius 1 is 1.13 bits per heavy atom. The van der Waals surface area contributed by atoms with Gasteiger partial charge in [0.15, 0.2) is 22.2 Å². The van der Waals surface area contributed by atoms with Crippen LogP contribution in [0.25, 0.3) is 5.69 Å². The second-order valence-electron chi connectivity index (χ2n) is 6.26. The summed E-state index contributed by atoms with van der Waals surface area (Å²) in [6, 6.07) is 19.4. The maximum Gasteiger partial charge on any atom is 0.236 e. The highest BCUT2D eigenvalue weighted by molar-refractivity contribution is 7.99. The van der Waals surface area contributed by atoms with E-state index in [1.807, 2.05) is 77.5 Å². The van der Waals surface area contributed by atoms with Crippen LogP contribution in [0, 0.1) is 0 Å². The topological polar surface area (TPSA) is 81.9 Å². The SMILES string of the molecule is C[C@@H](Oc1ccccc1)c1nnc(SCC(=O)Nc2nccs2)n1-c1ccccc1. The number of hydrogen-bond acceptors (Lipinski definition) is 7. The largest absolute Gasteiger partial charge is 0.483 e. The molecule has 0 saturated heterocycles. The number of aromatic nitrogens is 4. The minimum Gasteiger partial charge on any atom is -0.483 e. The average molecular weight is 438 g/mol. The number of benzene rings is 2. The highest BCUT2D eigenvalue weighted by Gasteiger charge is 2.21. The van der Waals surface area contributed by atoms with Crippen LogP contribution in [0.3, 0.4) is 0 Å². The summed E-state index contributed by atoms with van der Waals surface area (Å²) in [5.41, 5.74) is 0.906. The molecule has 0 aliphatic rings. The van der Waals surface area contributed by atoms with E-state index in [2.05, 4.69) is 20.5 Å². The Hall–Kier alpha value is -3.17. The van der Waals surface area contributed by atoms with Crippen molar-refractivity contribution in [1.82, 2.24) is 19.7 Å². The molecule has 2 aromatic carbocycles. The molecule has 152 valence electrons. The Balaban J connectivity index is 1.55. The van der Waals surface area contributed by atoms with Crippen molar-refractivity contribution in [2.45, 2.75) is 18.2 Å². The number of ether oxygens (including phenoxy) is 1. The number of thioether (sulfide) groups is 1. The van der Waals surface area contributed by atoms with E-state index < -0.39 is 0 Å². The minimum atomic E-state index is -0.335. The molecule has 1 atom stereocenters. The van der Waals surface area contributed by atoms with Gasteiger partial charge in [-0.1, -0.05) is 48.2 Å². The Morgan fingerprint density at radius 3 is 2.57 bits per heavy atom. The van der Waals surface area contributed by atoms with Gasteiger partial charge in [0.2, 0.25) is 5.91 Å². The normalized spacial score (nSPS) is 11.8. The summed E-state index contributed by atoms with van der Waals surface area (Å²) in [5.74, 6) is 1.46. The molecule has 0 unspecified atom stereocenters. The van der Waals surface area contributed by atoms with E-state index in [0.29, 0.717) is 16.1 Å². The number of thiazole rings is 1. The van der Waals surface area contributed by atoms with E-state index in [-0.39, 0.29) is 17.8 Å². The predicted octanol–water partition coefficient (Wildman–Crippen LogP) is 4.59. The molecular weight excluding hydrogens is 418 g/mol. The molecule has 30 heavy (non-hydrogen) atoms. The fourth-order valence-electron chi connectivity index (χ4n) is 2.78. The van der Waals surface area contributed by atoms with E-state index in [4.69, 9.17) is 4.74 Å². The third-order valence-electron chi connectivity index (χ3n) is 4.10. The molecule has 4 aromatic rings. The van der Waals surface area contributed by atoms with Gasteiger partial charge in [-0.05, 0) is 31.2 Å². The summed E-state index contributed by atoms with van der Waals surface area (Å²) < 4.78 is 7.98. The molecule has 0 radical (unpaired) electrons. The Kier molecular flexibility index (Phi) is 6.41. The van der Waals surface area contributed by atoms with Crippen molar-refractivity contribution in [2.24, 2.45) is 0 Å². The molecule has 1 amide bonds. The van der Waals surface area contributed by atoms with E-state index in [1.165, 1.54) is 23.1 Å². The molecule has 0 aliphatic heterocycles. The first-order valence-corrected chi connectivity index (χ1v) is 11.1. The molecular formula is C21H19N5O2S2. The number of rotatable bonds is 8. The van der Waals surface area contributed by atoms with Crippen LogP contribution in [-0.2, 0) is 4.79 Å². The highest BCUT2D eigenvalue weighted by Crippen LogP contribution is 2.28. The summed E-state index contributed by atoms with van der Waals surface area (Å²) in [4.78, 5) is 16.3. The summed E-state index contributed by atoms with van der Waals surface area (Å²) in [7, 11) is 0. The van der Waals surface area contributed by atoms with E-state index in [0.717, 1.165) is 11.4 Å². The van der Waals surface area contributed by atoms with Crippen LogP contribution < -0.4 is 10.1 Å². The number of anilines is 1. The number of hydrogen-bond donors (Lipinski definition) is 1. The fourth-order valence-corrected chi connectivity index (χ4v) is 4.09. The standard InChI is InChI=1S/C21H19N5O2S2/c1-15(28-17-10-6-3-7-11-17)19-24-25-21(26(19)16-8-4-2-5-9-16)30-14-18(27)23-20-22-12-13-29-20/h2-13,15H,14H2,1H3,(H,22,23,27)/t15-/m1/s1. The van der Waals surface area contributed by atoms with Gasteiger partial charge in [-0.15, -0.1) is 21.5 Å². The lowest BCUT2D eigenvalue weighted by molar-refractivity contribution is -0.113. The highest BCUT2D eigenvalue weighted by atomic mass is 32.2. The summed E-state index contributed by atoms with van der Waals surface area (Å²) in [5, 5.41) is 14.5. The zero-order chi connectivity index (χ0) is 20.8.